The van der Waals surface area contributed by atoms with Gasteiger partial charge in [-0.1, -0.05) is 48.5 Å². The zero-order chi connectivity index (χ0) is 16.0. The highest BCUT2D eigenvalue weighted by Crippen LogP contribution is 2.18. The maximum Gasteiger partial charge on any atom is 0.328 e. The third-order valence-electron chi connectivity index (χ3n) is 2.98. The molecule has 0 spiro atoms. The van der Waals surface area contributed by atoms with E-state index in [0.717, 1.165) is 0 Å². The second-order valence-electron chi connectivity index (χ2n) is 4.53. The van der Waals surface area contributed by atoms with E-state index in [9.17, 15) is 13.2 Å². The Kier molecular flexibility index (Phi) is 5.30. The molecule has 0 bridgehead atoms. The fourth-order valence-corrected chi connectivity index (χ4v) is 3.14. The van der Waals surface area contributed by atoms with Gasteiger partial charge in [-0.3, -0.25) is 0 Å². The molecule has 0 aliphatic rings. The number of ether oxygens (including phenoxy) is 1. The van der Waals surface area contributed by atoms with Crippen molar-refractivity contribution in [1.29, 1.82) is 0 Å². The summed E-state index contributed by atoms with van der Waals surface area (Å²) in [7, 11) is -3.82. The first-order valence-corrected chi connectivity index (χ1v) is 8.32. The normalized spacial score (nSPS) is 12.6. The summed E-state index contributed by atoms with van der Waals surface area (Å²) >= 11 is 0. The van der Waals surface area contributed by atoms with Gasteiger partial charge in [0.2, 0.25) is 10.0 Å². The van der Waals surface area contributed by atoms with Crippen LogP contribution in [0.3, 0.4) is 0 Å². The van der Waals surface area contributed by atoms with Gasteiger partial charge in [0.15, 0.2) is 0 Å². The van der Waals surface area contributed by atoms with Crippen LogP contribution in [0.1, 0.15) is 18.5 Å². The number of esters is 1. The highest BCUT2D eigenvalue weighted by molar-refractivity contribution is 7.89. The Hall–Kier alpha value is -2.18. The first kappa shape index (κ1) is 16.2. The summed E-state index contributed by atoms with van der Waals surface area (Å²) in [6, 6.07) is 15.4. The number of benzene rings is 2. The van der Waals surface area contributed by atoms with E-state index in [1.54, 1.807) is 55.5 Å². The van der Waals surface area contributed by atoms with Crippen molar-refractivity contribution in [2.75, 3.05) is 6.61 Å². The summed E-state index contributed by atoms with van der Waals surface area (Å²) in [6.07, 6.45) is 0. The van der Waals surface area contributed by atoms with Crippen LogP contribution in [0.15, 0.2) is 65.6 Å². The fraction of sp³-hybridized carbons (Fsp3) is 0.188. The second-order valence-corrected chi connectivity index (χ2v) is 6.24. The predicted molar refractivity (Wildman–Crippen MR) is 82.6 cm³/mol. The van der Waals surface area contributed by atoms with Gasteiger partial charge in [-0.25, -0.2) is 13.2 Å². The van der Waals surface area contributed by atoms with Crippen molar-refractivity contribution in [2.45, 2.75) is 17.9 Å². The van der Waals surface area contributed by atoms with Gasteiger partial charge < -0.3 is 4.74 Å². The van der Waals surface area contributed by atoms with Crippen molar-refractivity contribution in [3.8, 4) is 0 Å². The van der Waals surface area contributed by atoms with E-state index in [2.05, 4.69) is 4.72 Å². The lowest BCUT2D eigenvalue weighted by Gasteiger charge is -2.17. The molecule has 6 heteroatoms. The molecule has 0 fully saturated rings. The van der Waals surface area contributed by atoms with Crippen molar-refractivity contribution < 1.29 is 17.9 Å². The molecule has 2 rings (SSSR count). The predicted octanol–water partition coefficient (Wildman–Crippen LogP) is 2.27. The van der Waals surface area contributed by atoms with E-state index in [0.29, 0.717) is 5.56 Å². The van der Waals surface area contributed by atoms with Crippen molar-refractivity contribution in [1.82, 2.24) is 4.72 Å². The molecular weight excluding hydrogens is 302 g/mol. The van der Waals surface area contributed by atoms with Crippen LogP contribution in [-0.2, 0) is 19.6 Å². The molecule has 0 amide bonds. The average molecular weight is 319 g/mol. The SMILES string of the molecule is CCOC(=O)C(NS(=O)(=O)c1ccccc1)c1ccccc1. The molecule has 0 radical (unpaired) electrons. The standard InChI is InChI=1S/C16H17NO4S/c1-2-21-16(18)15(13-9-5-3-6-10-13)17-22(19,20)14-11-7-4-8-12-14/h3-12,15,17H,2H2,1H3. The number of rotatable bonds is 6. The van der Waals surface area contributed by atoms with Crippen LogP contribution in [0.4, 0.5) is 0 Å². The Labute approximate surface area is 130 Å². The Morgan fingerprint density at radius 3 is 2.14 bits per heavy atom. The van der Waals surface area contributed by atoms with Gasteiger partial charge in [0.05, 0.1) is 11.5 Å². The highest BCUT2D eigenvalue weighted by atomic mass is 32.2. The minimum atomic E-state index is -3.82. The van der Waals surface area contributed by atoms with Crippen molar-refractivity contribution >= 4 is 16.0 Å². The first-order valence-electron chi connectivity index (χ1n) is 6.83. The number of nitrogens with one attached hydrogen (secondary N) is 1. The quantitative estimate of drug-likeness (QED) is 0.829. The number of carbonyl (C=O) groups excluding carboxylic acids is 1. The largest absolute Gasteiger partial charge is 0.465 e. The van der Waals surface area contributed by atoms with Gasteiger partial charge in [-0.15, -0.1) is 0 Å². The Morgan fingerprint density at radius 2 is 1.59 bits per heavy atom. The Balaban J connectivity index is 2.33. The molecule has 1 N–H and O–H groups in total. The molecule has 116 valence electrons. The van der Waals surface area contributed by atoms with Crippen LogP contribution in [0, 0.1) is 0 Å². The molecule has 0 aliphatic carbocycles. The van der Waals surface area contributed by atoms with Crippen LogP contribution in [-0.4, -0.2) is 21.0 Å². The van der Waals surface area contributed by atoms with E-state index < -0.39 is 22.0 Å². The first-order chi connectivity index (χ1) is 10.5. The number of carbonyl (C=O) groups is 1. The van der Waals surface area contributed by atoms with Gasteiger partial charge >= 0.3 is 5.97 Å². The maximum atomic E-state index is 12.4. The summed E-state index contributed by atoms with van der Waals surface area (Å²) in [5.41, 5.74) is 0.528. The van der Waals surface area contributed by atoms with Crippen LogP contribution in [0.2, 0.25) is 0 Å². The summed E-state index contributed by atoms with van der Waals surface area (Å²) in [4.78, 5) is 12.2. The smallest absolute Gasteiger partial charge is 0.328 e. The molecule has 2 aromatic rings. The number of sulfonamides is 1. The summed E-state index contributed by atoms with van der Waals surface area (Å²) < 4.78 is 32.2. The molecule has 5 nitrogen and oxygen atoms in total. The number of hydrogen-bond donors (Lipinski definition) is 1. The molecule has 1 atom stereocenters. The van der Waals surface area contributed by atoms with Crippen LogP contribution >= 0.6 is 0 Å². The Morgan fingerprint density at radius 1 is 1.05 bits per heavy atom. The summed E-state index contributed by atoms with van der Waals surface area (Å²) in [6.45, 7) is 1.85. The summed E-state index contributed by atoms with van der Waals surface area (Å²) in [5, 5.41) is 0. The lowest BCUT2D eigenvalue weighted by Crippen LogP contribution is -2.35. The van der Waals surface area contributed by atoms with Crippen LogP contribution in [0.5, 0.6) is 0 Å². The third-order valence-corrected chi connectivity index (χ3v) is 4.42. The molecule has 0 saturated heterocycles. The fourth-order valence-electron chi connectivity index (χ4n) is 1.95. The van der Waals surface area contributed by atoms with E-state index in [-0.39, 0.29) is 11.5 Å². The molecule has 0 saturated carbocycles. The minimum absolute atomic E-state index is 0.0974. The molecule has 2 aromatic carbocycles. The van der Waals surface area contributed by atoms with Crippen LogP contribution < -0.4 is 4.72 Å². The maximum absolute atomic E-state index is 12.4. The minimum Gasteiger partial charge on any atom is -0.465 e. The van der Waals surface area contributed by atoms with E-state index >= 15 is 0 Å². The van der Waals surface area contributed by atoms with Gasteiger partial charge in [0, 0.05) is 0 Å². The lowest BCUT2D eigenvalue weighted by molar-refractivity contribution is -0.145. The molecule has 0 aromatic heterocycles. The van der Waals surface area contributed by atoms with E-state index in [1.807, 2.05) is 0 Å². The van der Waals surface area contributed by atoms with Gasteiger partial charge in [-0.2, -0.15) is 4.72 Å². The van der Waals surface area contributed by atoms with Gasteiger partial charge in [0.1, 0.15) is 6.04 Å². The average Bonchev–Trinajstić information content (AvgIpc) is 2.54. The van der Waals surface area contributed by atoms with E-state index in [1.165, 1.54) is 12.1 Å². The van der Waals surface area contributed by atoms with Crippen molar-refractivity contribution in [3.63, 3.8) is 0 Å². The van der Waals surface area contributed by atoms with Crippen molar-refractivity contribution in [3.05, 3.63) is 66.2 Å². The van der Waals surface area contributed by atoms with Crippen molar-refractivity contribution in [2.24, 2.45) is 0 Å². The monoisotopic (exact) mass is 319 g/mol. The second kappa shape index (κ2) is 7.20. The Bertz CT molecular complexity index is 714. The van der Waals surface area contributed by atoms with Gasteiger partial charge in [-0.05, 0) is 24.6 Å². The number of hydrogen-bond acceptors (Lipinski definition) is 4. The molecule has 22 heavy (non-hydrogen) atoms. The highest BCUT2D eigenvalue weighted by Gasteiger charge is 2.28. The molecule has 1 unspecified atom stereocenters. The topological polar surface area (TPSA) is 72.5 Å². The molecular formula is C16H17NO4S. The zero-order valence-electron chi connectivity index (χ0n) is 12.1. The molecule has 0 aliphatic heterocycles. The summed E-state index contributed by atoms with van der Waals surface area (Å²) in [5.74, 6) is -0.631. The van der Waals surface area contributed by atoms with E-state index in [4.69, 9.17) is 4.74 Å². The van der Waals surface area contributed by atoms with Gasteiger partial charge in [0.25, 0.3) is 0 Å². The van der Waals surface area contributed by atoms with Crippen LogP contribution in [0.25, 0.3) is 0 Å². The third kappa shape index (κ3) is 3.93. The zero-order valence-corrected chi connectivity index (χ0v) is 12.9. The lowest BCUT2D eigenvalue weighted by atomic mass is 10.1. The molecule has 0 heterocycles.